The number of carbonyl (C=O) groups is 2. The zero-order valence-electron chi connectivity index (χ0n) is 14.8. The van der Waals surface area contributed by atoms with Crippen LogP contribution in [-0.4, -0.2) is 24.5 Å². The molecule has 0 saturated heterocycles. The molecule has 1 atom stereocenters. The quantitative estimate of drug-likeness (QED) is 0.469. The fourth-order valence-electron chi connectivity index (χ4n) is 2.55. The van der Waals surface area contributed by atoms with E-state index in [4.69, 9.17) is 9.78 Å². The van der Waals surface area contributed by atoms with Crippen molar-refractivity contribution < 1.29 is 24.1 Å². The molecule has 0 aromatic heterocycles. The molecule has 1 aliphatic rings. The third-order valence-corrected chi connectivity index (χ3v) is 3.81. The first-order chi connectivity index (χ1) is 11.2. The molecule has 0 N–H and O–H groups in total. The number of ether oxygens (including phenoxy) is 1. The second-order valence-corrected chi connectivity index (χ2v) is 6.97. The Kier molecular flexibility index (Phi) is 5.26. The molecule has 1 aromatic carbocycles. The Balaban J connectivity index is 2.35. The molecule has 0 fully saturated rings. The molecule has 1 aromatic rings. The van der Waals surface area contributed by atoms with Crippen molar-refractivity contribution in [2.24, 2.45) is 0 Å². The lowest BCUT2D eigenvalue weighted by molar-refractivity contribution is -0.394. The summed E-state index contributed by atoms with van der Waals surface area (Å²) < 4.78 is 4.66. The van der Waals surface area contributed by atoms with E-state index in [1.54, 1.807) is 6.92 Å². The summed E-state index contributed by atoms with van der Waals surface area (Å²) in [5, 5.41) is 0. The van der Waals surface area contributed by atoms with E-state index in [0.29, 0.717) is 12.0 Å². The maximum atomic E-state index is 13.0. The summed E-state index contributed by atoms with van der Waals surface area (Å²) in [6.45, 7) is 7.25. The van der Waals surface area contributed by atoms with Crippen molar-refractivity contribution in [1.29, 1.82) is 0 Å². The standard InChI is InChI=1S/C19H24O5/c1-18(2,3)23-24-19(4)15-9-7-6-8-13(15)12-14(17(19)21)10-11-16(20)22-5/h6-9,12H,10-11H2,1-5H3. The highest BCUT2D eigenvalue weighted by atomic mass is 17.2. The lowest BCUT2D eigenvalue weighted by atomic mass is 9.78. The monoisotopic (exact) mass is 332 g/mol. The van der Waals surface area contributed by atoms with E-state index in [9.17, 15) is 9.59 Å². The minimum atomic E-state index is -1.25. The van der Waals surface area contributed by atoms with Gasteiger partial charge in [-0.2, -0.15) is 0 Å². The third-order valence-electron chi connectivity index (χ3n) is 3.81. The molecule has 0 bridgehead atoms. The van der Waals surface area contributed by atoms with Crippen LogP contribution in [-0.2, 0) is 29.7 Å². The highest BCUT2D eigenvalue weighted by molar-refractivity contribution is 6.08. The smallest absolute Gasteiger partial charge is 0.305 e. The van der Waals surface area contributed by atoms with E-state index >= 15 is 0 Å². The van der Waals surface area contributed by atoms with Gasteiger partial charge in [-0.15, -0.1) is 0 Å². The van der Waals surface area contributed by atoms with E-state index < -0.39 is 11.2 Å². The first kappa shape index (κ1) is 18.4. The highest BCUT2D eigenvalue weighted by Crippen LogP contribution is 2.39. The number of Topliss-reactive ketones (excluding diaryl/α,β-unsaturated/α-hetero) is 1. The minimum Gasteiger partial charge on any atom is -0.469 e. The number of esters is 1. The van der Waals surface area contributed by atoms with Crippen molar-refractivity contribution in [2.45, 2.75) is 51.7 Å². The number of fused-ring (bicyclic) bond motifs is 1. The summed E-state index contributed by atoms with van der Waals surface area (Å²) in [5.41, 5.74) is 0.368. The van der Waals surface area contributed by atoms with E-state index in [0.717, 1.165) is 11.1 Å². The van der Waals surface area contributed by atoms with Gasteiger partial charge in [0.25, 0.3) is 0 Å². The van der Waals surface area contributed by atoms with Gasteiger partial charge >= 0.3 is 5.97 Å². The Hall–Kier alpha value is -1.98. The average molecular weight is 332 g/mol. The van der Waals surface area contributed by atoms with Gasteiger partial charge in [0.15, 0.2) is 11.4 Å². The van der Waals surface area contributed by atoms with Crippen LogP contribution in [0, 0.1) is 0 Å². The van der Waals surface area contributed by atoms with E-state index in [1.165, 1.54) is 7.11 Å². The van der Waals surface area contributed by atoms with E-state index in [2.05, 4.69) is 4.74 Å². The number of benzene rings is 1. The zero-order valence-corrected chi connectivity index (χ0v) is 14.8. The number of ketones is 1. The van der Waals surface area contributed by atoms with E-state index in [-0.39, 0.29) is 18.2 Å². The molecular formula is C19H24O5. The number of carbonyl (C=O) groups excluding carboxylic acids is 2. The summed E-state index contributed by atoms with van der Waals surface area (Å²) in [6.07, 6.45) is 2.25. The van der Waals surface area contributed by atoms with Crippen molar-refractivity contribution in [3.05, 3.63) is 41.0 Å². The third kappa shape index (κ3) is 3.91. The van der Waals surface area contributed by atoms with Gasteiger partial charge in [-0.1, -0.05) is 24.3 Å². The molecule has 5 nitrogen and oxygen atoms in total. The van der Waals surface area contributed by atoms with Crippen LogP contribution in [0.5, 0.6) is 0 Å². The lowest BCUT2D eigenvalue weighted by Gasteiger charge is -2.35. The summed E-state index contributed by atoms with van der Waals surface area (Å²) >= 11 is 0. The fourth-order valence-corrected chi connectivity index (χ4v) is 2.55. The molecule has 1 unspecified atom stereocenters. The Labute approximate surface area is 142 Å². The largest absolute Gasteiger partial charge is 0.469 e. The number of hydrogen-bond donors (Lipinski definition) is 0. The average Bonchev–Trinajstić information content (AvgIpc) is 2.54. The van der Waals surface area contributed by atoms with Gasteiger partial charge in [-0.05, 0) is 51.3 Å². The Morgan fingerprint density at radius 3 is 2.50 bits per heavy atom. The van der Waals surface area contributed by atoms with Crippen molar-refractivity contribution >= 4 is 17.8 Å². The molecule has 1 aliphatic carbocycles. The molecule has 0 radical (unpaired) electrons. The first-order valence-electron chi connectivity index (χ1n) is 7.96. The highest BCUT2D eigenvalue weighted by Gasteiger charge is 2.44. The molecular weight excluding hydrogens is 308 g/mol. The normalized spacial score (nSPS) is 20.4. The molecule has 2 rings (SSSR count). The van der Waals surface area contributed by atoms with Crippen LogP contribution < -0.4 is 0 Å². The number of rotatable bonds is 5. The predicted molar refractivity (Wildman–Crippen MR) is 90.0 cm³/mol. The van der Waals surface area contributed by atoms with Crippen molar-refractivity contribution in [3.63, 3.8) is 0 Å². The molecule has 130 valence electrons. The van der Waals surface area contributed by atoms with E-state index in [1.807, 2.05) is 51.1 Å². The summed E-state index contributed by atoms with van der Waals surface area (Å²) in [5.74, 6) is -0.550. The zero-order chi connectivity index (χ0) is 18.0. The van der Waals surface area contributed by atoms with Crippen molar-refractivity contribution in [3.8, 4) is 0 Å². The Morgan fingerprint density at radius 2 is 1.88 bits per heavy atom. The van der Waals surface area contributed by atoms with Crippen LogP contribution in [0.15, 0.2) is 29.8 Å². The molecule has 24 heavy (non-hydrogen) atoms. The van der Waals surface area contributed by atoms with Crippen LogP contribution >= 0.6 is 0 Å². The van der Waals surface area contributed by atoms with Gasteiger partial charge in [0, 0.05) is 12.0 Å². The van der Waals surface area contributed by atoms with Gasteiger partial charge in [0.2, 0.25) is 0 Å². The first-order valence-corrected chi connectivity index (χ1v) is 7.96. The second-order valence-electron chi connectivity index (χ2n) is 6.97. The van der Waals surface area contributed by atoms with Gasteiger partial charge in [-0.3, -0.25) is 9.59 Å². The minimum absolute atomic E-state index is 0.145. The fraction of sp³-hybridized carbons (Fsp3) is 0.474. The molecule has 0 spiro atoms. The molecule has 0 heterocycles. The van der Waals surface area contributed by atoms with Crippen LogP contribution in [0.1, 0.15) is 51.7 Å². The van der Waals surface area contributed by atoms with Gasteiger partial charge in [0.1, 0.15) is 0 Å². The van der Waals surface area contributed by atoms with Gasteiger partial charge in [-0.25, -0.2) is 9.78 Å². The molecule has 0 aliphatic heterocycles. The summed E-state index contributed by atoms with van der Waals surface area (Å²) in [4.78, 5) is 35.5. The van der Waals surface area contributed by atoms with Crippen LogP contribution in [0.2, 0.25) is 0 Å². The maximum Gasteiger partial charge on any atom is 0.305 e. The number of methoxy groups -OCH3 is 1. The van der Waals surface area contributed by atoms with Crippen LogP contribution in [0.4, 0.5) is 0 Å². The second kappa shape index (κ2) is 6.87. The van der Waals surface area contributed by atoms with Crippen molar-refractivity contribution in [2.75, 3.05) is 7.11 Å². The predicted octanol–water partition coefficient (Wildman–Crippen LogP) is 3.57. The number of hydrogen-bond acceptors (Lipinski definition) is 5. The topological polar surface area (TPSA) is 61.8 Å². The Bertz CT molecular complexity index is 669. The molecule has 0 amide bonds. The van der Waals surface area contributed by atoms with Crippen LogP contribution in [0.3, 0.4) is 0 Å². The summed E-state index contributed by atoms with van der Waals surface area (Å²) in [7, 11) is 1.33. The van der Waals surface area contributed by atoms with Gasteiger partial charge in [0.05, 0.1) is 12.7 Å². The lowest BCUT2D eigenvalue weighted by Crippen LogP contribution is -2.41. The van der Waals surface area contributed by atoms with Gasteiger partial charge < -0.3 is 4.74 Å². The summed E-state index contributed by atoms with van der Waals surface area (Å²) in [6, 6.07) is 7.53. The van der Waals surface area contributed by atoms with Crippen molar-refractivity contribution in [1.82, 2.24) is 0 Å². The maximum absolute atomic E-state index is 13.0. The van der Waals surface area contributed by atoms with Crippen LogP contribution in [0.25, 0.3) is 6.08 Å². The molecule has 0 saturated carbocycles. The Morgan fingerprint density at radius 1 is 1.21 bits per heavy atom. The molecule has 5 heteroatoms. The SMILES string of the molecule is COC(=O)CCC1=Cc2ccccc2C(C)(OOC(C)(C)C)C1=O.